The molecule has 31 heavy (non-hydrogen) atoms. The van der Waals surface area contributed by atoms with Gasteiger partial charge in [0.2, 0.25) is 0 Å². The van der Waals surface area contributed by atoms with E-state index in [9.17, 15) is 13.6 Å². The zero-order chi connectivity index (χ0) is 22.0. The van der Waals surface area contributed by atoms with Gasteiger partial charge in [-0.2, -0.15) is 5.10 Å². The minimum absolute atomic E-state index is 0.0234. The summed E-state index contributed by atoms with van der Waals surface area (Å²) in [5.41, 5.74) is 2.79. The van der Waals surface area contributed by atoms with Crippen molar-refractivity contribution in [2.75, 3.05) is 13.2 Å². The molecule has 2 atom stereocenters. The Kier molecular flexibility index (Phi) is 6.13. The fourth-order valence-electron chi connectivity index (χ4n) is 4.17. The number of rotatable bonds is 5. The van der Waals surface area contributed by atoms with E-state index in [-0.39, 0.29) is 18.1 Å². The van der Waals surface area contributed by atoms with Crippen LogP contribution in [0, 0.1) is 11.6 Å². The van der Waals surface area contributed by atoms with Gasteiger partial charge in [0.1, 0.15) is 11.6 Å². The quantitative estimate of drug-likeness (QED) is 0.593. The molecule has 162 valence electrons. The van der Waals surface area contributed by atoms with Crippen LogP contribution in [0.1, 0.15) is 41.8 Å². The van der Waals surface area contributed by atoms with Crippen molar-refractivity contribution in [1.29, 1.82) is 0 Å². The highest BCUT2D eigenvalue weighted by Gasteiger charge is 2.31. The molecule has 1 amide bonds. The number of ether oxygens (including phenoxy) is 1. The molecule has 1 aliphatic rings. The molecule has 0 saturated carbocycles. The number of aryl methyl sites for hydroxylation is 1. The number of benzene rings is 2. The van der Waals surface area contributed by atoms with Gasteiger partial charge >= 0.3 is 0 Å². The maximum Gasteiger partial charge on any atom is 0.257 e. The van der Waals surface area contributed by atoms with Crippen molar-refractivity contribution >= 4 is 5.91 Å². The molecule has 5 nitrogen and oxygen atoms in total. The molecule has 0 N–H and O–H groups in total. The second-order valence-electron chi connectivity index (χ2n) is 7.81. The highest BCUT2D eigenvalue weighted by atomic mass is 19.1. The molecule has 1 fully saturated rings. The molecule has 7 heteroatoms. The van der Waals surface area contributed by atoms with Crippen LogP contribution in [0.4, 0.5) is 8.78 Å². The molecule has 0 bridgehead atoms. The third-order valence-corrected chi connectivity index (χ3v) is 5.73. The average Bonchev–Trinajstić information content (AvgIpc) is 3.20. The van der Waals surface area contributed by atoms with E-state index in [0.717, 1.165) is 23.6 Å². The number of aromatic nitrogens is 2. The molecule has 0 radical (unpaired) electrons. The molecule has 3 aromatic rings. The van der Waals surface area contributed by atoms with Crippen LogP contribution in [0.15, 0.2) is 54.9 Å². The number of hydrogen-bond donors (Lipinski definition) is 0. The lowest BCUT2D eigenvalue weighted by Gasteiger charge is -2.37. The Hall–Kier alpha value is -3.06. The Morgan fingerprint density at radius 2 is 1.87 bits per heavy atom. The predicted molar refractivity (Wildman–Crippen MR) is 113 cm³/mol. The maximum atomic E-state index is 13.5. The molecule has 2 heterocycles. The predicted octanol–water partition coefficient (Wildman–Crippen LogP) is 4.75. The third-order valence-electron chi connectivity index (χ3n) is 5.73. The van der Waals surface area contributed by atoms with Crippen molar-refractivity contribution < 1.29 is 18.3 Å². The topological polar surface area (TPSA) is 47.4 Å². The van der Waals surface area contributed by atoms with Gasteiger partial charge in [-0.1, -0.05) is 24.3 Å². The first-order valence-electron chi connectivity index (χ1n) is 10.4. The van der Waals surface area contributed by atoms with E-state index in [1.807, 2.05) is 36.1 Å². The summed E-state index contributed by atoms with van der Waals surface area (Å²) in [6.07, 6.45) is 4.64. The maximum absolute atomic E-state index is 13.5. The molecule has 2 aromatic carbocycles. The largest absolute Gasteiger partial charge is 0.373 e. The van der Waals surface area contributed by atoms with Gasteiger partial charge in [0.15, 0.2) is 0 Å². The van der Waals surface area contributed by atoms with Gasteiger partial charge < -0.3 is 9.64 Å². The second kappa shape index (κ2) is 8.98. The van der Waals surface area contributed by atoms with Crippen molar-refractivity contribution in [3.05, 3.63) is 77.6 Å². The van der Waals surface area contributed by atoms with E-state index in [4.69, 9.17) is 4.74 Å². The van der Waals surface area contributed by atoms with E-state index in [1.54, 1.807) is 24.1 Å². The Labute approximate surface area is 180 Å². The lowest BCUT2D eigenvalue weighted by Crippen LogP contribution is -2.43. The first-order chi connectivity index (χ1) is 14.9. The minimum atomic E-state index is -0.601. The van der Waals surface area contributed by atoms with Gasteiger partial charge in [0, 0.05) is 38.5 Å². The fraction of sp³-hybridized carbons (Fsp3) is 0.333. The summed E-state index contributed by atoms with van der Waals surface area (Å²) in [6, 6.07) is 11.1. The van der Waals surface area contributed by atoms with Gasteiger partial charge in [0.25, 0.3) is 5.91 Å². The van der Waals surface area contributed by atoms with Crippen LogP contribution >= 0.6 is 0 Å². The van der Waals surface area contributed by atoms with E-state index < -0.39 is 11.6 Å². The molecule has 1 aliphatic heterocycles. The summed E-state index contributed by atoms with van der Waals surface area (Å²) in [7, 11) is 1.79. The van der Waals surface area contributed by atoms with Gasteiger partial charge in [0.05, 0.1) is 17.9 Å². The first-order valence-corrected chi connectivity index (χ1v) is 10.4. The van der Waals surface area contributed by atoms with Crippen LogP contribution in [-0.4, -0.2) is 39.8 Å². The number of nitrogens with zero attached hydrogens (tertiary/aromatic N) is 3. The van der Waals surface area contributed by atoms with Crippen LogP contribution < -0.4 is 0 Å². The Morgan fingerprint density at radius 3 is 2.48 bits per heavy atom. The van der Waals surface area contributed by atoms with Crippen LogP contribution in [0.3, 0.4) is 0 Å². The Bertz CT molecular complexity index is 1040. The average molecular weight is 425 g/mol. The smallest absolute Gasteiger partial charge is 0.257 e. The highest BCUT2D eigenvalue weighted by molar-refractivity contribution is 5.94. The van der Waals surface area contributed by atoms with E-state index in [2.05, 4.69) is 5.10 Å². The van der Waals surface area contributed by atoms with E-state index >= 15 is 0 Å². The summed E-state index contributed by atoms with van der Waals surface area (Å²) >= 11 is 0. The molecule has 0 aliphatic carbocycles. The normalized spacial score (nSPS) is 18.7. The van der Waals surface area contributed by atoms with Gasteiger partial charge in [-0.05, 0) is 48.6 Å². The summed E-state index contributed by atoms with van der Waals surface area (Å²) in [6.45, 7) is 3.14. The first kappa shape index (κ1) is 21.2. The van der Waals surface area contributed by atoms with Gasteiger partial charge in [-0.25, -0.2) is 8.78 Å². The number of carbonyl (C=O) groups is 1. The second-order valence-corrected chi connectivity index (χ2v) is 7.81. The zero-order valence-corrected chi connectivity index (χ0v) is 17.6. The number of carbonyl (C=O) groups excluding carboxylic acids is 1. The Morgan fingerprint density at radius 1 is 1.16 bits per heavy atom. The molecule has 1 saturated heterocycles. The lowest BCUT2D eigenvalue weighted by atomic mass is 9.94. The van der Waals surface area contributed by atoms with Crippen molar-refractivity contribution in [3.8, 4) is 11.1 Å². The van der Waals surface area contributed by atoms with Crippen LogP contribution in [0.25, 0.3) is 11.1 Å². The van der Waals surface area contributed by atoms with Crippen LogP contribution in [-0.2, 0) is 11.8 Å². The van der Waals surface area contributed by atoms with Gasteiger partial charge in [-0.15, -0.1) is 0 Å². The molecule has 1 aromatic heterocycles. The third kappa shape index (κ3) is 4.66. The van der Waals surface area contributed by atoms with Gasteiger partial charge in [-0.3, -0.25) is 9.48 Å². The summed E-state index contributed by atoms with van der Waals surface area (Å²) in [5, 5.41) is 4.10. The van der Waals surface area contributed by atoms with Crippen molar-refractivity contribution in [1.82, 2.24) is 14.7 Å². The Balaban J connectivity index is 1.49. The summed E-state index contributed by atoms with van der Waals surface area (Å²) in [5.74, 6) is -1.23. The number of halogens is 2. The van der Waals surface area contributed by atoms with E-state index in [1.165, 1.54) is 12.1 Å². The number of amides is 1. The van der Waals surface area contributed by atoms with Crippen LogP contribution in [0.2, 0.25) is 0 Å². The highest BCUT2D eigenvalue weighted by Crippen LogP contribution is 2.32. The number of hydrogen-bond acceptors (Lipinski definition) is 3. The van der Waals surface area contributed by atoms with Crippen LogP contribution in [0.5, 0.6) is 0 Å². The SMILES string of the molecule is CCN(C(=O)c1cnn(C)c1)[C@H]1CCO[C@@H](c2ccc(-c3cc(F)cc(F)c3)cc2)C1. The minimum Gasteiger partial charge on any atom is -0.373 e. The molecule has 0 spiro atoms. The molecule has 4 rings (SSSR count). The van der Waals surface area contributed by atoms with Crippen molar-refractivity contribution in [2.24, 2.45) is 7.05 Å². The van der Waals surface area contributed by atoms with Crippen molar-refractivity contribution in [3.63, 3.8) is 0 Å². The summed E-state index contributed by atoms with van der Waals surface area (Å²) in [4.78, 5) is 14.8. The van der Waals surface area contributed by atoms with Crippen molar-refractivity contribution in [2.45, 2.75) is 31.9 Å². The lowest BCUT2D eigenvalue weighted by molar-refractivity contribution is -0.0231. The zero-order valence-electron chi connectivity index (χ0n) is 17.6. The monoisotopic (exact) mass is 425 g/mol. The fourth-order valence-corrected chi connectivity index (χ4v) is 4.17. The molecular formula is C24H25F2N3O2. The summed E-state index contributed by atoms with van der Waals surface area (Å²) < 4.78 is 34.7. The standard InChI is InChI=1S/C24H25F2N3O2/c1-3-29(24(30)19-14-27-28(2)15-19)22-8-9-31-23(13-22)17-6-4-16(5-7-17)18-10-20(25)12-21(26)11-18/h4-7,10-12,14-15,22-23H,3,8-9,13H2,1-2H3/t22-,23+/m0/s1. The van der Waals surface area contributed by atoms with E-state index in [0.29, 0.717) is 30.7 Å². The molecular weight excluding hydrogens is 400 g/mol. The molecule has 0 unspecified atom stereocenters.